The van der Waals surface area contributed by atoms with Crippen LogP contribution in [0.1, 0.15) is 39.3 Å². The standard InChI is InChI=1S/C16H21NO3/c1-15(2)12(16(15,3)4)13(18)17-11(14(19)20)10-8-6-5-7-9-10/h5-9,11-12H,1-4H3,(H,17,18)(H,19,20). The fraction of sp³-hybridized carbons (Fsp3) is 0.500. The first-order valence-corrected chi connectivity index (χ1v) is 6.77. The van der Waals surface area contributed by atoms with E-state index in [1.807, 2.05) is 33.8 Å². The van der Waals surface area contributed by atoms with Crippen LogP contribution in [0.2, 0.25) is 0 Å². The van der Waals surface area contributed by atoms with Crippen LogP contribution in [0, 0.1) is 16.7 Å². The van der Waals surface area contributed by atoms with Gasteiger partial charge in [-0.1, -0.05) is 58.0 Å². The molecular weight excluding hydrogens is 254 g/mol. The molecule has 2 N–H and O–H groups in total. The number of rotatable bonds is 4. The van der Waals surface area contributed by atoms with Crippen LogP contribution in [0.25, 0.3) is 0 Å². The topological polar surface area (TPSA) is 66.4 Å². The van der Waals surface area contributed by atoms with Crippen molar-refractivity contribution in [1.29, 1.82) is 0 Å². The van der Waals surface area contributed by atoms with Gasteiger partial charge in [0.1, 0.15) is 0 Å². The van der Waals surface area contributed by atoms with E-state index >= 15 is 0 Å². The highest BCUT2D eigenvalue weighted by atomic mass is 16.4. The van der Waals surface area contributed by atoms with E-state index in [1.165, 1.54) is 0 Å². The summed E-state index contributed by atoms with van der Waals surface area (Å²) in [5.41, 5.74) is 0.387. The Morgan fingerprint density at radius 2 is 1.60 bits per heavy atom. The highest BCUT2D eigenvalue weighted by Crippen LogP contribution is 2.68. The highest BCUT2D eigenvalue weighted by molar-refractivity contribution is 5.89. The van der Waals surface area contributed by atoms with Gasteiger partial charge in [0, 0.05) is 5.92 Å². The van der Waals surface area contributed by atoms with Crippen molar-refractivity contribution in [2.75, 3.05) is 0 Å². The lowest BCUT2D eigenvalue weighted by Gasteiger charge is -2.15. The Morgan fingerprint density at radius 1 is 1.10 bits per heavy atom. The Morgan fingerprint density at radius 3 is 2.00 bits per heavy atom. The van der Waals surface area contributed by atoms with E-state index in [4.69, 9.17) is 0 Å². The van der Waals surface area contributed by atoms with Gasteiger partial charge in [0.2, 0.25) is 5.91 Å². The summed E-state index contributed by atoms with van der Waals surface area (Å²) >= 11 is 0. The van der Waals surface area contributed by atoms with Crippen molar-refractivity contribution in [2.24, 2.45) is 16.7 Å². The fourth-order valence-electron chi connectivity index (χ4n) is 3.01. The first-order chi connectivity index (χ1) is 9.19. The number of benzene rings is 1. The molecule has 1 aromatic rings. The van der Waals surface area contributed by atoms with Gasteiger partial charge in [-0.2, -0.15) is 0 Å². The summed E-state index contributed by atoms with van der Waals surface area (Å²) in [6, 6.07) is 7.78. The maximum Gasteiger partial charge on any atom is 0.330 e. The average Bonchev–Trinajstić information content (AvgIpc) is 2.77. The van der Waals surface area contributed by atoms with Crippen LogP contribution < -0.4 is 5.32 Å². The largest absolute Gasteiger partial charge is 0.479 e. The molecule has 108 valence electrons. The summed E-state index contributed by atoms with van der Waals surface area (Å²) in [5.74, 6) is -1.38. The van der Waals surface area contributed by atoms with Crippen molar-refractivity contribution in [3.8, 4) is 0 Å². The van der Waals surface area contributed by atoms with Gasteiger partial charge in [-0.05, 0) is 16.4 Å². The van der Waals surface area contributed by atoms with Crippen LogP contribution in [0.4, 0.5) is 0 Å². The van der Waals surface area contributed by atoms with Crippen LogP contribution in [0.5, 0.6) is 0 Å². The number of hydrogen-bond acceptors (Lipinski definition) is 2. The van der Waals surface area contributed by atoms with E-state index < -0.39 is 12.0 Å². The second-order valence-electron chi connectivity index (χ2n) is 6.57. The molecule has 2 rings (SSSR count). The normalized spacial score (nSPS) is 21.0. The zero-order valence-corrected chi connectivity index (χ0v) is 12.3. The van der Waals surface area contributed by atoms with E-state index in [-0.39, 0.29) is 22.7 Å². The number of amides is 1. The molecule has 20 heavy (non-hydrogen) atoms. The molecule has 1 fully saturated rings. The Kier molecular flexibility index (Phi) is 3.36. The number of carbonyl (C=O) groups excluding carboxylic acids is 1. The molecule has 4 nitrogen and oxygen atoms in total. The van der Waals surface area contributed by atoms with Crippen molar-refractivity contribution < 1.29 is 14.7 Å². The molecular formula is C16H21NO3. The third-order valence-corrected chi connectivity index (χ3v) is 4.95. The van der Waals surface area contributed by atoms with Gasteiger partial charge >= 0.3 is 5.97 Å². The molecule has 1 amide bonds. The third-order valence-electron chi connectivity index (χ3n) is 4.95. The summed E-state index contributed by atoms with van der Waals surface area (Å²) in [6.07, 6.45) is 0. The summed E-state index contributed by atoms with van der Waals surface area (Å²) in [5, 5.41) is 12.0. The number of carboxylic acid groups (broad SMARTS) is 1. The molecule has 1 unspecified atom stereocenters. The summed E-state index contributed by atoms with van der Waals surface area (Å²) in [4.78, 5) is 23.7. The quantitative estimate of drug-likeness (QED) is 0.887. The molecule has 1 aliphatic rings. The first kappa shape index (κ1) is 14.6. The van der Waals surface area contributed by atoms with Gasteiger partial charge in [-0.25, -0.2) is 4.79 Å². The zero-order chi connectivity index (χ0) is 15.1. The van der Waals surface area contributed by atoms with Crippen LogP contribution in [0.15, 0.2) is 30.3 Å². The fourth-order valence-corrected chi connectivity index (χ4v) is 3.01. The van der Waals surface area contributed by atoms with E-state index in [0.717, 1.165) is 0 Å². The molecule has 0 saturated heterocycles. The maximum atomic E-state index is 12.4. The number of carbonyl (C=O) groups is 2. The van der Waals surface area contributed by atoms with E-state index in [0.29, 0.717) is 5.56 Å². The minimum absolute atomic E-state index is 0.100. The van der Waals surface area contributed by atoms with Crippen molar-refractivity contribution in [2.45, 2.75) is 33.7 Å². The number of nitrogens with one attached hydrogen (secondary N) is 1. The van der Waals surface area contributed by atoms with Gasteiger partial charge in [0.15, 0.2) is 6.04 Å². The molecule has 0 radical (unpaired) electrons. The predicted octanol–water partition coefficient (Wildman–Crippen LogP) is 2.61. The van der Waals surface area contributed by atoms with Crippen molar-refractivity contribution in [3.63, 3.8) is 0 Å². The van der Waals surface area contributed by atoms with Crippen LogP contribution in [-0.4, -0.2) is 17.0 Å². The molecule has 0 aromatic heterocycles. The lowest BCUT2D eigenvalue weighted by molar-refractivity contribution is -0.142. The highest BCUT2D eigenvalue weighted by Gasteiger charge is 2.68. The average molecular weight is 275 g/mol. The summed E-state index contributed by atoms with van der Waals surface area (Å²) in [7, 11) is 0. The van der Waals surface area contributed by atoms with E-state index in [1.54, 1.807) is 24.3 Å². The van der Waals surface area contributed by atoms with Crippen molar-refractivity contribution >= 4 is 11.9 Å². The Balaban J connectivity index is 2.16. The van der Waals surface area contributed by atoms with Crippen LogP contribution >= 0.6 is 0 Å². The van der Waals surface area contributed by atoms with E-state index in [2.05, 4.69) is 5.32 Å². The van der Waals surface area contributed by atoms with Crippen LogP contribution in [-0.2, 0) is 9.59 Å². The first-order valence-electron chi connectivity index (χ1n) is 6.77. The van der Waals surface area contributed by atoms with Gasteiger partial charge in [0.05, 0.1) is 0 Å². The third kappa shape index (κ3) is 2.19. The molecule has 1 atom stereocenters. The van der Waals surface area contributed by atoms with Gasteiger partial charge in [-0.3, -0.25) is 4.79 Å². The molecule has 0 aliphatic heterocycles. The van der Waals surface area contributed by atoms with Crippen molar-refractivity contribution in [3.05, 3.63) is 35.9 Å². The summed E-state index contributed by atoms with van der Waals surface area (Å²) in [6.45, 7) is 8.15. The number of hydrogen-bond donors (Lipinski definition) is 2. The summed E-state index contributed by atoms with van der Waals surface area (Å²) < 4.78 is 0. The molecule has 1 aromatic carbocycles. The van der Waals surface area contributed by atoms with Gasteiger partial charge < -0.3 is 10.4 Å². The molecule has 1 saturated carbocycles. The molecule has 0 spiro atoms. The second-order valence-corrected chi connectivity index (χ2v) is 6.57. The monoisotopic (exact) mass is 275 g/mol. The lowest BCUT2D eigenvalue weighted by atomic mass is 10.0. The van der Waals surface area contributed by atoms with Crippen molar-refractivity contribution in [1.82, 2.24) is 5.32 Å². The Hall–Kier alpha value is -1.84. The van der Waals surface area contributed by atoms with Gasteiger partial charge in [-0.15, -0.1) is 0 Å². The minimum atomic E-state index is -1.04. The SMILES string of the molecule is CC1(C)C(C(=O)NC(C(=O)O)c2ccccc2)C1(C)C. The molecule has 1 aliphatic carbocycles. The molecule has 0 heterocycles. The number of aliphatic carboxylic acids is 1. The minimum Gasteiger partial charge on any atom is -0.479 e. The van der Waals surface area contributed by atoms with Gasteiger partial charge in [0.25, 0.3) is 0 Å². The Labute approximate surface area is 119 Å². The Bertz CT molecular complexity index is 520. The predicted molar refractivity (Wildman–Crippen MR) is 76.0 cm³/mol. The molecule has 4 heteroatoms. The van der Waals surface area contributed by atoms with Crippen LogP contribution in [0.3, 0.4) is 0 Å². The molecule has 0 bridgehead atoms. The second kappa shape index (κ2) is 4.62. The smallest absolute Gasteiger partial charge is 0.330 e. The lowest BCUT2D eigenvalue weighted by Crippen LogP contribution is -2.36. The van der Waals surface area contributed by atoms with E-state index in [9.17, 15) is 14.7 Å². The number of carboxylic acids is 1. The zero-order valence-electron chi connectivity index (χ0n) is 12.3. The maximum absolute atomic E-state index is 12.4.